The fourth-order valence-electron chi connectivity index (χ4n) is 1.04. The van der Waals surface area contributed by atoms with Crippen LogP contribution in [0.3, 0.4) is 0 Å². The highest BCUT2D eigenvalue weighted by molar-refractivity contribution is 7.86. The third kappa shape index (κ3) is 2.71. The number of piperazine rings is 1. The van der Waals surface area contributed by atoms with Gasteiger partial charge in [0.15, 0.2) is 0 Å². The first-order valence-electron chi connectivity index (χ1n) is 3.46. The maximum atomic E-state index is 10.8. The molecule has 0 radical (unpaired) electrons. The molecular weight excluding hydrogens is 181 g/mol. The summed E-state index contributed by atoms with van der Waals surface area (Å²) < 4.78 is 25.1. The van der Waals surface area contributed by atoms with Crippen LogP contribution in [0.2, 0.25) is 0 Å². The molecule has 64 valence electrons. The van der Waals surface area contributed by atoms with Crippen molar-refractivity contribution in [3.05, 3.63) is 0 Å². The molecule has 0 aromatic rings. The van der Waals surface area contributed by atoms with Gasteiger partial charge in [-0.3, -0.25) is 0 Å². The SMILES string of the molecule is NS(=O)(=O)N1CC[N]([AlH2])CC1. The van der Waals surface area contributed by atoms with Crippen molar-refractivity contribution in [2.24, 2.45) is 5.14 Å². The molecule has 1 fully saturated rings. The Morgan fingerprint density at radius 3 is 2.00 bits per heavy atom. The molecule has 1 aliphatic heterocycles. The van der Waals surface area contributed by atoms with Crippen LogP contribution in [0.1, 0.15) is 0 Å². The first-order valence-corrected chi connectivity index (χ1v) is 5.86. The molecule has 0 bridgehead atoms. The Labute approximate surface area is 75.0 Å². The van der Waals surface area contributed by atoms with Gasteiger partial charge >= 0.3 is 16.5 Å². The first-order chi connectivity index (χ1) is 5.00. The summed E-state index contributed by atoms with van der Waals surface area (Å²) in [6, 6.07) is 0. The van der Waals surface area contributed by atoms with Gasteiger partial charge in [-0.05, 0) is 13.1 Å². The van der Waals surface area contributed by atoms with E-state index in [-0.39, 0.29) is 0 Å². The van der Waals surface area contributed by atoms with Gasteiger partial charge in [-0.15, -0.1) is 0 Å². The smallest absolute Gasteiger partial charge is 0.321 e. The maximum absolute atomic E-state index is 10.8. The number of hydrogen-bond donors (Lipinski definition) is 1. The van der Waals surface area contributed by atoms with Crippen LogP contribution in [0.25, 0.3) is 0 Å². The zero-order chi connectivity index (χ0) is 8.48. The predicted molar refractivity (Wildman–Crippen MR) is 44.8 cm³/mol. The van der Waals surface area contributed by atoms with E-state index in [1.165, 1.54) is 4.31 Å². The van der Waals surface area contributed by atoms with Crippen LogP contribution in [-0.4, -0.2) is 59.3 Å². The summed E-state index contributed by atoms with van der Waals surface area (Å²) in [5, 5.41) is 4.95. The fourth-order valence-corrected chi connectivity index (χ4v) is 2.11. The van der Waals surface area contributed by atoms with Gasteiger partial charge < -0.3 is 3.88 Å². The molecule has 5 nitrogen and oxygen atoms in total. The highest BCUT2D eigenvalue weighted by Gasteiger charge is 2.20. The minimum atomic E-state index is -3.43. The number of hydrogen-bond acceptors (Lipinski definition) is 3. The van der Waals surface area contributed by atoms with E-state index in [1.807, 2.05) is 0 Å². The minimum absolute atomic E-state index is 0.544. The number of rotatable bonds is 1. The molecule has 1 heterocycles. The molecule has 0 aromatic carbocycles. The first kappa shape index (κ1) is 9.45. The lowest BCUT2D eigenvalue weighted by atomic mass is 10.4. The molecule has 0 unspecified atom stereocenters. The summed E-state index contributed by atoms with van der Waals surface area (Å²) in [7, 11) is -3.43. The number of nitrogens with zero attached hydrogens (tertiary/aromatic N) is 2. The second kappa shape index (κ2) is 3.39. The predicted octanol–water partition coefficient (Wildman–Crippen LogP) is -2.64. The van der Waals surface area contributed by atoms with Crippen LogP contribution < -0.4 is 5.14 Å². The van der Waals surface area contributed by atoms with Crippen molar-refractivity contribution >= 4 is 26.7 Å². The molecule has 1 rings (SSSR count). The highest BCUT2D eigenvalue weighted by atomic mass is 32.2. The van der Waals surface area contributed by atoms with Crippen molar-refractivity contribution in [2.45, 2.75) is 0 Å². The van der Waals surface area contributed by atoms with E-state index in [0.29, 0.717) is 13.1 Å². The summed E-state index contributed by atoms with van der Waals surface area (Å²) in [4.78, 5) is 0. The molecule has 0 aliphatic carbocycles. The average molecular weight is 193 g/mol. The lowest BCUT2D eigenvalue weighted by Gasteiger charge is -2.30. The Morgan fingerprint density at radius 1 is 1.18 bits per heavy atom. The van der Waals surface area contributed by atoms with Crippen molar-refractivity contribution in [3.8, 4) is 0 Å². The molecule has 0 saturated carbocycles. The van der Waals surface area contributed by atoms with E-state index in [1.54, 1.807) is 0 Å². The Bertz CT molecular complexity index is 221. The van der Waals surface area contributed by atoms with Gasteiger partial charge in [0, 0.05) is 13.1 Å². The Kier molecular flexibility index (Phi) is 2.91. The zero-order valence-corrected chi connectivity index (χ0v) is 9.34. The van der Waals surface area contributed by atoms with E-state index in [4.69, 9.17) is 5.14 Å². The normalized spacial score (nSPS) is 23.7. The molecule has 2 N–H and O–H groups in total. The third-order valence-electron chi connectivity index (χ3n) is 1.82. The quantitative estimate of drug-likeness (QED) is 0.463. The van der Waals surface area contributed by atoms with Crippen LogP contribution in [0.5, 0.6) is 0 Å². The molecule has 7 heteroatoms. The van der Waals surface area contributed by atoms with E-state index in [2.05, 4.69) is 3.88 Å². The van der Waals surface area contributed by atoms with Gasteiger partial charge in [0.25, 0.3) is 10.2 Å². The summed E-state index contributed by atoms with van der Waals surface area (Å²) in [5.74, 6) is 0. The van der Waals surface area contributed by atoms with Crippen molar-refractivity contribution in [1.82, 2.24) is 8.19 Å². The van der Waals surface area contributed by atoms with Crippen LogP contribution in [0.4, 0.5) is 0 Å². The molecule has 0 aromatic heterocycles. The van der Waals surface area contributed by atoms with Crippen LogP contribution in [0.15, 0.2) is 0 Å². The van der Waals surface area contributed by atoms with Gasteiger partial charge in [0.05, 0.1) is 0 Å². The second-order valence-electron chi connectivity index (χ2n) is 2.75. The van der Waals surface area contributed by atoms with Crippen LogP contribution >= 0.6 is 0 Å². The minimum Gasteiger partial charge on any atom is -0.388 e. The summed E-state index contributed by atoms with van der Waals surface area (Å²) in [5.41, 5.74) is 0. The molecule has 0 amide bonds. The van der Waals surface area contributed by atoms with E-state index < -0.39 is 10.2 Å². The van der Waals surface area contributed by atoms with Gasteiger partial charge in [0.1, 0.15) is 0 Å². The molecule has 11 heavy (non-hydrogen) atoms. The second-order valence-corrected chi connectivity index (χ2v) is 5.56. The Morgan fingerprint density at radius 2 is 1.64 bits per heavy atom. The molecular formula is C4H12AlN3O2S. The van der Waals surface area contributed by atoms with E-state index in [0.717, 1.165) is 29.6 Å². The Hall–Kier alpha value is 0.362. The van der Waals surface area contributed by atoms with Gasteiger partial charge in [-0.25, -0.2) is 5.14 Å². The molecule has 0 spiro atoms. The standard InChI is InChI=1S/C4H10N3O2S.Al.2H/c5-10(8,9)7-3-1-6-2-4-7;;;/h1-4H2,(H2,5,8,9);;;/q-1;+1;;. The summed E-state index contributed by atoms with van der Waals surface area (Å²) in [6.07, 6.45) is 0. The van der Waals surface area contributed by atoms with Crippen molar-refractivity contribution in [2.75, 3.05) is 26.2 Å². The third-order valence-corrected chi connectivity index (χ3v) is 3.80. The van der Waals surface area contributed by atoms with Gasteiger partial charge in [0.2, 0.25) is 0 Å². The number of nitrogens with two attached hydrogens (primary N) is 1. The average Bonchev–Trinajstić information content (AvgIpc) is 1.86. The van der Waals surface area contributed by atoms with Crippen molar-refractivity contribution in [1.29, 1.82) is 0 Å². The van der Waals surface area contributed by atoms with Crippen LogP contribution in [-0.2, 0) is 10.2 Å². The fraction of sp³-hybridized carbons (Fsp3) is 1.00. The molecule has 1 aliphatic rings. The molecule has 1 saturated heterocycles. The lowest BCUT2D eigenvalue weighted by molar-refractivity contribution is 0.281. The monoisotopic (exact) mass is 193 g/mol. The maximum Gasteiger partial charge on any atom is 0.321 e. The Balaban J connectivity index is 2.53. The highest BCUT2D eigenvalue weighted by Crippen LogP contribution is 2.00. The molecule has 0 atom stereocenters. The van der Waals surface area contributed by atoms with Gasteiger partial charge in [-0.2, -0.15) is 12.7 Å². The van der Waals surface area contributed by atoms with Crippen molar-refractivity contribution < 1.29 is 8.42 Å². The zero-order valence-electron chi connectivity index (χ0n) is 6.52. The van der Waals surface area contributed by atoms with E-state index >= 15 is 0 Å². The van der Waals surface area contributed by atoms with Crippen molar-refractivity contribution in [3.63, 3.8) is 0 Å². The van der Waals surface area contributed by atoms with Gasteiger partial charge in [-0.1, -0.05) is 0 Å². The summed E-state index contributed by atoms with van der Waals surface area (Å²) in [6.45, 7) is 2.73. The summed E-state index contributed by atoms with van der Waals surface area (Å²) >= 11 is 1.000. The topological polar surface area (TPSA) is 66.6 Å². The van der Waals surface area contributed by atoms with Crippen LogP contribution in [0, 0.1) is 0 Å². The van der Waals surface area contributed by atoms with E-state index in [9.17, 15) is 8.42 Å². The largest absolute Gasteiger partial charge is 0.388 e. The lowest BCUT2D eigenvalue weighted by Crippen LogP contribution is -2.49.